The molecule has 0 amide bonds. The summed E-state index contributed by atoms with van der Waals surface area (Å²) < 4.78 is 5.40. The van der Waals surface area contributed by atoms with Gasteiger partial charge in [0.2, 0.25) is 0 Å². The first-order valence-electron chi connectivity index (χ1n) is 15.7. The van der Waals surface area contributed by atoms with Gasteiger partial charge in [-0.05, 0) is 85.3 Å². The van der Waals surface area contributed by atoms with E-state index in [-0.39, 0.29) is 0 Å². The fraction of sp³-hybridized carbons (Fsp3) is 0. The molecule has 0 saturated heterocycles. The van der Waals surface area contributed by atoms with Crippen molar-refractivity contribution in [3.05, 3.63) is 158 Å². The van der Waals surface area contributed by atoms with E-state index >= 15 is 0 Å². The summed E-state index contributed by atoms with van der Waals surface area (Å²) in [5.41, 5.74) is 7.58. The second kappa shape index (κ2) is 10.1. The fourth-order valence-electron chi connectivity index (χ4n) is 7.36. The monoisotopic (exact) mass is 618 g/mol. The Hall–Kier alpha value is -5.28. The number of thiophene rings is 2. The Morgan fingerprint density at radius 2 is 0.652 bits per heavy atom. The van der Waals surface area contributed by atoms with Crippen molar-refractivity contribution in [3.63, 3.8) is 0 Å². The smallest absolute Gasteiger partial charge is 0.0362 e. The fourth-order valence-corrected chi connectivity index (χ4v) is 9.59. The third kappa shape index (κ3) is 3.91. The van der Waals surface area contributed by atoms with Crippen LogP contribution in [0.15, 0.2) is 158 Å². The van der Waals surface area contributed by atoms with E-state index in [0.29, 0.717) is 0 Å². The molecule has 0 aliphatic rings. The van der Waals surface area contributed by atoms with Gasteiger partial charge in [0.15, 0.2) is 0 Å². The maximum atomic E-state index is 2.44. The summed E-state index contributed by atoms with van der Waals surface area (Å²) in [6, 6.07) is 58.3. The minimum Gasteiger partial charge on any atom is -0.135 e. The number of rotatable bonds is 3. The lowest BCUT2D eigenvalue weighted by Gasteiger charge is -2.18. The van der Waals surface area contributed by atoms with Crippen LogP contribution in [0.2, 0.25) is 0 Å². The largest absolute Gasteiger partial charge is 0.135 e. The summed E-state index contributed by atoms with van der Waals surface area (Å²) in [6.45, 7) is 0. The van der Waals surface area contributed by atoms with Gasteiger partial charge in [-0.1, -0.05) is 127 Å². The van der Waals surface area contributed by atoms with Crippen LogP contribution < -0.4 is 0 Å². The van der Waals surface area contributed by atoms with Crippen molar-refractivity contribution < 1.29 is 0 Å². The quantitative estimate of drug-likeness (QED) is 0.173. The molecule has 0 aliphatic carbocycles. The minimum atomic E-state index is 1.23. The van der Waals surface area contributed by atoms with Crippen LogP contribution in [0.1, 0.15) is 0 Å². The van der Waals surface area contributed by atoms with E-state index in [1.54, 1.807) is 0 Å². The van der Waals surface area contributed by atoms with Crippen molar-refractivity contribution in [2.45, 2.75) is 0 Å². The highest BCUT2D eigenvalue weighted by atomic mass is 32.1. The average Bonchev–Trinajstić information content (AvgIpc) is 3.67. The van der Waals surface area contributed by atoms with Crippen LogP contribution in [-0.2, 0) is 0 Å². The van der Waals surface area contributed by atoms with Crippen molar-refractivity contribution in [2.24, 2.45) is 0 Å². The predicted octanol–water partition coefficient (Wildman–Crippen LogP) is 13.7. The first-order chi connectivity index (χ1) is 22.8. The van der Waals surface area contributed by atoms with Gasteiger partial charge in [-0.15, -0.1) is 22.7 Å². The molecule has 2 aromatic heterocycles. The average molecular weight is 619 g/mol. The van der Waals surface area contributed by atoms with Gasteiger partial charge in [0.25, 0.3) is 0 Å². The molecule has 0 aliphatic heterocycles. The normalized spacial score (nSPS) is 11.9. The van der Waals surface area contributed by atoms with Gasteiger partial charge in [0, 0.05) is 40.3 Å². The molecule has 0 saturated carbocycles. The molecule has 2 heterocycles. The number of fused-ring (bicyclic) bond motifs is 8. The van der Waals surface area contributed by atoms with Gasteiger partial charge >= 0.3 is 0 Å². The summed E-state index contributed by atoms with van der Waals surface area (Å²) in [6.07, 6.45) is 0. The Balaban J connectivity index is 1.20. The Morgan fingerprint density at radius 3 is 1.28 bits per heavy atom. The van der Waals surface area contributed by atoms with E-state index in [1.807, 2.05) is 22.7 Å². The van der Waals surface area contributed by atoms with Crippen LogP contribution in [0.25, 0.3) is 95.3 Å². The minimum absolute atomic E-state index is 1.23. The topological polar surface area (TPSA) is 0 Å². The van der Waals surface area contributed by atoms with E-state index in [2.05, 4.69) is 158 Å². The molecule has 0 unspecified atom stereocenters. The number of hydrogen-bond donors (Lipinski definition) is 0. The summed E-state index contributed by atoms with van der Waals surface area (Å²) in [4.78, 5) is 0. The van der Waals surface area contributed by atoms with Gasteiger partial charge < -0.3 is 0 Å². The number of hydrogen-bond acceptors (Lipinski definition) is 2. The van der Waals surface area contributed by atoms with Crippen LogP contribution in [0, 0.1) is 0 Å². The standard InChI is InChI=1S/C44H26S2/c1-2-10-27(11-3-1)28-18-20-29(21-19-28)43-32-13-4-6-15-34(32)44(35-16-7-5-14-33(35)43)30-22-23-40-36(24-30)38-26-41-37(25-42(38)46-40)31-12-8-9-17-39(31)45-41/h1-26H. The Labute approximate surface area is 274 Å². The highest BCUT2D eigenvalue weighted by Crippen LogP contribution is 2.46. The Kier molecular flexibility index (Phi) is 5.72. The molecule has 10 aromatic rings. The van der Waals surface area contributed by atoms with Gasteiger partial charge in [0.05, 0.1) is 0 Å². The third-order valence-electron chi connectivity index (χ3n) is 9.47. The second-order valence-corrected chi connectivity index (χ2v) is 14.2. The molecule has 0 nitrogen and oxygen atoms in total. The number of benzene rings is 8. The van der Waals surface area contributed by atoms with Crippen molar-refractivity contribution in [1.82, 2.24) is 0 Å². The van der Waals surface area contributed by atoms with Gasteiger partial charge in [-0.2, -0.15) is 0 Å². The lowest BCUT2D eigenvalue weighted by atomic mass is 9.85. The lowest BCUT2D eigenvalue weighted by Crippen LogP contribution is -1.91. The van der Waals surface area contributed by atoms with Crippen molar-refractivity contribution in [3.8, 4) is 33.4 Å². The Bertz CT molecular complexity index is 2720. The molecule has 0 N–H and O–H groups in total. The maximum Gasteiger partial charge on any atom is 0.0362 e. The zero-order valence-corrected chi connectivity index (χ0v) is 26.5. The highest BCUT2D eigenvalue weighted by molar-refractivity contribution is 7.27. The molecule has 0 bridgehead atoms. The molecular weight excluding hydrogens is 593 g/mol. The molecule has 0 fully saturated rings. The lowest BCUT2D eigenvalue weighted by molar-refractivity contribution is 1.61. The molecule has 10 rings (SSSR count). The van der Waals surface area contributed by atoms with Crippen LogP contribution in [-0.4, -0.2) is 0 Å². The van der Waals surface area contributed by atoms with E-state index in [4.69, 9.17) is 0 Å². The summed E-state index contributed by atoms with van der Waals surface area (Å²) in [5, 5.41) is 10.6. The molecule has 2 heteroatoms. The van der Waals surface area contributed by atoms with Crippen LogP contribution in [0.3, 0.4) is 0 Å². The zero-order chi connectivity index (χ0) is 30.2. The van der Waals surface area contributed by atoms with Crippen molar-refractivity contribution in [1.29, 1.82) is 0 Å². The highest BCUT2D eigenvalue weighted by Gasteiger charge is 2.18. The van der Waals surface area contributed by atoms with Crippen LogP contribution >= 0.6 is 22.7 Å². The van der Waals surface area contributed by atoms with Gasteiger partial charge in [-0.25, -0.2) is 0 Å². The molecule has 0 radical (unpaired) electrons. The van der Waals surface area contributed by atoms with E-state index in [9.17, 15) is 0 Å². The van der Waals surface area contributed by atoms with E-state index < -0.39 is 0 Å². The van der Waals surface area contributed by atoms with Crippen molar-refractivity contribution >= 4 is 84.6 Å². The molecular formula is C44H26S2. The summed E-state index contributed by atoms with van der Waals surface area (Å²) in [7, 11) is 0. The third-order valence-corrected chi connectivity index (χ3v) is 11.7. The summed E-state index contributed by atoms with van der Waals surface area (Å²) in [5.74, 6) is 0. The van der Waals surface area contributed by atoms with Crippen molar-refractivity contribution in [2.75, 3.05) is 0 Å². The van der Waals surface area contributed by atoms with Gasteiger partial charge in [-0.3, -0.25) is 0 Å². The first kappa shape index (κ1) is 26.0. The van der Waals surface area contributed by atoms with Crippen LogP contribution in [0.4, 0.5) is 0 Å². The second-order valence-electron chi connectivity index (χ2n) is 12.0. The first-order valence-corrected chi connectivity index (χ1v) is 17.3. The maximum absolute atomic E-state index is 2.44. The SMILES string of the molecule is c1ccc(-c2ccc(-c3c4ccccc4c(-c4ccc5sc6cc7c(cc6c5c4)sc4ccccc47)c4ccccc34)cc2)cc1. The predicted molar refractivity (Wildman–Crippen MR) is 204 cm³/mol. The Morgan fingerprint density at radius 1 is 0.239 bits per heavy atom. The molecule has 0 spiro atoms. The van der Waals surface area contributed by atoms with Gasteiger partial charge in [0.1, 0.15) is 0 Å². The molecule has 214 valence electrons. The van der Waals surface area contributed by atoms with E-state index in [0.717, 1.165) is 0 Å². The van der Waals surface area contributed by atoms with E-state index in [1.165, 1.54) is 95.3 Å². The molecule has 8 aromatic carbocycles. The molecule has 46 heavy (non-hydrogen) atoms. The zero-order valence-electron chi connectivity index (χ0n) is 24.8. The van der Waals surface area contributed by atoms with Crippen LogP contribution in [0.5, 0.6) is 0 Å². The molecule has 0 atom stereocenters. The summed E-state index contributed by atoms with van der Waals surface area (Å²) >= 11 is 3.80.